The zero-order valence-corrected chi connectivity index (χ0v) is 15.4. The molecule has 1 aliphatic heterocycles. The third-order valence-corrected chi connectivity index (χ3v) is 4.55. The van der Waals surface area contributed by atoms with E-state index in [1.165, 1.54) is 0 Å². The predicted octanol–water partition coefficient (Wildman–Crippen LogP) is 2.65. The van der Waals surface area contributed by atoms with E-state index in [-0.39, 0.29) is 11.9 Å². The Balaban J connectivity index is 1.45. The van der Waals surface area contributed by atoms with E-state index in [0.717, 1.165) is 48.8 Å². The Bertz CT molecular complexity index is 736. The fourth-order valence-corrected chi connectivity index (χ4v) is 3.15. The quantitative estimate of drug-likeness (QED) is 0.864. The fourth-order valence-electron chi connectivity index (χ4n) is 3.15. The van der Waals surface area contributed by atoms with Crippen LogP contribution in [0.4, 0.5) is 5.95 Å². The van der Waals surface area contributed by atoms with Gasteiger partial charge in [0.05, 0.1) is 13.0 Å². The summed E-state index contributed by atoms with van der Waals surface area (Å²) in [6, 6.07) is 8.03. The van der Waals surface area contributed by atoms with E-state index in [1.54, 1.807) is 12.4 Å². The van der Waals surface area contributed by atoms with Crippen LogP contribution in [0.15, 0.2) is 36.7 Å². The minimum atomic E-state index is 0.0242. The van der Waals surface area contributed by atoms with E-state index >= 15 is 0 Å². The molecule has 1 saturated heterocycles. The maximum absolute atomic E-state index is 12.3. The molecule has 0 aliphatic carbocycles. The average molecular weight is 354 g/mol. The van der Waals surface area contributed by atoms with Crippen LogP contribution in [0.2, 0.25) is 0 Å². The van der Waals surface area contributed by atoms with Crippen molar-refractivity contribution in [2.75, 3.05) is 24.6 Å². The lowest BCUT2D eigenvalue weighted by Gasteiger charge is -2.33. The number of aryl methyl sites for hydroxylation is 2. The van der Waals surface area contributed by atoms with Crippen molar-refractivity contribution >= 4 is 11.9 Å². The smallest absolute Gasteiger partial charge is 0.225 e. The number of benzene rings is 1. The van der Waals surface area contributed by atoms with Gasteiger partial charge in [0.25, 0.3) is 0 Å². The first kappa shape index (κ1) is 18.2. The number of hydrogen-bond acceptors (Lipinski definition) is 5. The van der Waals surface area contributed by atoms with Gasteiger partial charge in [0.2, 0.25) is 11.9 Å². The zero-order chi connectivity index (χ0) is 18.4. The summed E-state index contributed by atoms with van der Waals surface area (Å²) in [5, 5.41) is 3.11. The second-order valence-corrected chi connectivity index (χ2v) is 6.77. The second kappa shape index (κ2) is 8.65. The molecule has 1 aromatic carbocycles. The lowest BCUT2D eigenvalue weighted by molar-refractivity contribution is -0.122. The van der Waals surface area contributed by atoms with Crippen LogP contribution in [0.1, 0.15) is 30.4 Å². The molecule has 2 aromatic rings. The summed E-state index contributed by atoms with van der Waals surface area (Å²) in [6.45, 7) is 6.09. The molecule has 1 N–H and O–H groups in total. The van der Waals surface area contributed by atoms with Gasteiger partial charge in [-0.25, -0.2) is 9.97 Å². The van der Waals surface area contributed by atoms with Crippen molar-refractivity contribution in [2.24, 2.45) is 0 Å². The number of anilines is 1. The number of piperidine rings is 1. The van der Waals surface area contributed by atoms with Gasteiger partial charge in [0.1, 0.15) is 5.75 Å². The number of aromatic nitrogens is 2. The molecular weight excluding hydrogens is 328 g/mol. The molecule has 138 valence electrons. The number of nitrogens with one attached hydrogen (secondary N) is 1. The molecule has 1 aliphatic rings. The van der Waals surface area contributed by atoms with Crippen LogP contribution in [0, 0.1) is 13.8 Å². The molecule has 6 heteroatoms. The third-order valence-electron chi connectivity index (χ3n) is 4.55. The van der Waals surface area contributed by atoms with Crippen LogP contribution in [0.25, 0.3) is 0 Å². The number of carbonyl (C=O) groups is 1. The Hall–Kier alpha value is -2.63. The lowest BCUT2D eigenvalue weighted by atomic mass is 10.1. The van der Waals surface area contributed by atoms with Crippen LogP contribution in [-0.2, 0) is 4.79 Å². The van der Waals surface area contributed by atoms with E-state index in [2.05, 4.69) is 26.3 Å². The molecule has 0 unspecified atom stereocenters. The number of hydrogen-bond donors (Lipinski definition) is 1. The van der Waals surface area contributed by atoms with Gasteiger partial charge in [-0.15, -0.1) is 0 Å². The predicted molar refractivity (Wildman–Crippen MR) is 101 cm³/mol. The van der Waals surface area contributed by atoms with Crippen LogP contribution in [-0.4, -0.2) is 41.6 Å². The summed E-state index contributed by atoms with van der Waals surface area (Å²) in [6.07, 6.45) is 5.84. The molecule has 0 radical (unpaired) electrons. The molecule has 0 spiro atoms. The minimum Gasteiger partial charge on any atom is -0.493 e. The Labute approximate surface area is 154 Å². The molecule has 6 nitrogen and oxygen atoms in total. The highest BCUT2D eigenvalue weighted by Crippen LogP contribution is 2.19. The summed E-state index contributed by atoms with van der Waals surface area (Å²) in [5.41, 5.74) is 2.24. The maximum Gasteiger partial charge on any atom is 0.225 e. The van der Waals surface area contributed by atoms with Gasteiger partial charge in [0.15, 0.2) is 0 Å². The summed E-state index contributed by atoms with van der Waals surface area (Å²) in [5.74, 6) is 1.60. The summed E-state index contributed by atoms with van der Waals surface area (Å²) in [7, 11) is 0. The first-order chi connectivity index (χ1) is 12.6. The van der Waals surface area contributed by atoms with Crippen molar-refractivity contribution in [1.29, 1.82) is 0 Å². The molecule has 26 heavy (non-hydrogen) atoms. The monoisotopic (exact) mass is 354 g/mol. The maximum atomic E-state index is 12.3. The largest absolute Gasteiger partial charge is 0.493 e. The van der Waals surface area contributed by atoms with Gasteiger partial charge in [0, 0.05) is 31.5 Å². The van der Waals surface area contributed by atoms with Crippen molar-refractivity contribution in [3.63, 3.8) is 0 Å². The number of carbonyl (C=O) groups excluding carboxylic acids is 1. The van der Waals surface area contributed by atoms with E-state index in [1.807, 2.05) is 32.0 Å². The van der Waals surface area contributed by atoms with Gasteiger partial charge in [-0.1, -0.05) is 12.1 Å². The van der Waals surface area contributed by atoms with Crippen molar-refractivity contribution in [2.45, 2.75) is 39.2 Å². The van der Waals surface area contributed by atoms with Gasteiger partial charge in [-0.2, -0.15) is 0 Å². The molecule has 1 fully saturated rings. The Kier molecular flexibility index (Phi) is 6.04. The highest BCUT2D eigenvalue weighted by atomic mass is 16.5. The molecule has 3 rings (SSSR count). The van der Waals surface area contributed by atoms with Gasteiger partial charge in [-0.3, -0.25) is 4.79 Å². The highest BCUT2D eigenvalue weighted by molar-refractivity contribution is 5.76. The van der Waals surface area contributed by atoms with Gasteiger partial charge >= 0.3 is 0 Å². The molecule has 2 heterocycles. The molecule has 1 amide bonds. The van der Waals surface area contributed by atoms with Crippen LogP contribution >= 0.6 is 0 Å². The van der Waals surface area contributed by atoms with Crippen molar-refractivity contribution in [1.82, 2.24) is 15.3 Å². The lowest BCUT2D eigenvalue weighted by Crippen LogP contribution is -2.48. The van der Waals surface area contributed by atoms with Gasteiger partial charge in [-0.05, 0) is 49.9 Å². The summed E-state index contributed by atoms with van der Waals surface area (Å²) in [4.78, 5) is 23.0. The highest BCUT2D eigenvalue weighted by Gasteiger charge is 2.22. The Morgan fingerprint density at radius 3 is 2.92 bits per heavy atom. The standard InChI is InChI=1S/C20H26N4O2/c1-15-6-7-16(2)18(13-15)26-12-8-19(25)23-17-5-3-11-24(14-17)20-21-9-4-10-22-20/h4,6-7,9-10,13,17H,3,5,8,11-12,14H2,1-2H3,(H,23,25)/t17-/m1/s1. The van der Waals surface area contributed by atoms with Crippen LogP contribution in [0.5, 0.6) is 5.75 Å². The Morgan fingerprint density at radius 1 is 1.31 bits per heavy atom. The van der Waals surface area contributed by atoms with Crippen molar-refractivity contribution < 1.29 is 9.53 Å². The molecule has 0 saturated carbocycles. The summed E-state index contributed by atoms with van der Waals surface area (Å²) < 4.78 is 5.78. The molecule has 1 aromatic heterocycles. The number of nitrogens with zero attached hydrogens (tertiary/aromatic N) is 3. The fraction of sp³-hybridized carbons (Fsp3) is 0.450. The number of amides is 1. The average Bonchev–Trinajstić information content (AvgIpc) is 2.65. The summed E-state index contributed by atoms with van der Waals surface area (Å²) >= 11 is 0. The second-order valence-electron chi connectivity index (χ2n) is 6.77. The minimum absolute atomic E-state index is 0.0242. The van der Waals surface area contributed by atoms with E-state index < -0.39 is 0 Å². The van der Waals surface area contributed by atoms with Crippen LogP contribution in [0.3, 0.4) is 0 Å². The molecule has 1 atom stereocenters. The van der Waals surface area contributed by atoms with E-state index in [4.69, 9.17) is 4.74 Å². The van der Waals surface area contributed by atoms with Crippen LogP contribution < -0.4 is 15.0 Å². The number of ether oxygens (including phenoxy) is 1. The first-order valence-corrected chi connectivity index (χ1v) is 9.13. The van der Waals surface area contributed by atoms with Crippen molar-refractivity contribution in [3.8, 4) is 5.75 Å². The SMILES string of the molecule is Cc1ccc(C)c(OCCC(=O)N[C@@H]2CCCN(c3ncccn3)C2)c1. The Morgan fingerprint density at radius 2 is 2.12 bits per heavy atom. The number of rotatable bonds is 6. The van der Waals surface area contributed by atoms with Gasteiger partial charge < -0.3 is 15.0 Å². The molecule has 0 bridgehead atoms. The normalized spacial score (nSPS) is 17.0. The first-order valence-electron chi connectivity index (χ1n) is 9.13. The topological polar surface area (TPSA) is 67.3 Å². The zero-order valence-electron chi connectivity index (χ0n) is 15.4. The van der Waals surface area contributed by atoms with E-state index in [9.17, 15) is 4.79 Å². The van der Waals surface area contributed by atoms with Crippen molar-refractivity contribution in [3.05, 3.63) is 47.8 Å². The third kappa shape index (κ3) is 4.94. The molecular formula is C20H26N4O2. The van der Waals surface area contributed by atoms with E-state index in [0.29, 0.717) is 13.0 Å².